The first-order valence-corrected chi connectivity index (χ1v) is 6.20. The normalized spacial score (nSPS) is 17.8. The molecule has 0 spiro atoms. The molecule has 1 aliphatic heterocycles. The van der Waals surface area contributed by atoms with Crippen LogP contribution in [0.1, 0.15) is 24.2 Å². The molecule has 0 unspecified atom stereocenters. The summed E-state index contributed by atoms with van der Waals surface area (Å²) in [6, 6.07) is 4.18. The molecule has 7 heteroatoms. The van der Waals surface area contributed by atoms with Crippen LogP contribution >= 0.6 is 0 Å². The summed E-state index contributed by atoms with van der Waals surface area (Å²) in [5, 5.41) is 20.0. The van der Waals surface area contributed by atoms with Crippen molar-refractivity contribution in [1.29, 1.82) is 0 Å². The quantitative estimate of drug-likeness (QED) is 0.671. The Morgan fingerprint density at radius 3 is 2.75 bits per heavy atom. The minimum absolute atomic E-state index is 0.288. The largest absolute Gasteiger partial charge is 0.477 e. The maximum Gasteiger partial charge on any atom is 0.342 e. The molecule has 1 fully saturated rings. The average Bonchev–Trinajstić information content (AvgIpc) is 2.37. The van der Waals surface area contributed by atoms with E-state index in [0.717, 1.165) is 0 Å². The first kappa shape index (κ1) is 14.3. The first-order valence-electron chi connectivity index (χ1n) is 6.20. The van der Waals surface area contributed by atoms with Crippen molar-refractivity contribution in [1.82, 2.24) is 0 Å². The number of benzene rings is 1. The highest BCUT2D eigenvalue weighted by Crippen LogP contribution is 2.30. The highest BCUT2D eigenvalue weighted by atomic mass is 16.6. The van der Waals surface area contributed by atoms with Gasteiger partial charge < -0.3 is 14.7 Å². The van der Waals surface area contributed by atoms with E-state index in [1.165, 1.54) is 12.1 Å². The van der Waals surface area contributed by atoms with Crippen LogP contribution in [-0.4, -0.2) is 41.3 Å². The van der Waals surface area contributed by atoms with E-state index in [0.29, 0.717) is 25.4 Å². The molecule has 0 bridgehead atoms. The third-order valence-corrected chi connectivity index (χ3v) is 3.36. The van der Waals surface area contributed by atoms with Crippen molar-refractivity contribution < 1.29 is 19.6 Å². The fourth-order valence-corrected chi connectivity index (χ4v) is 2.36. The minimum Gasteiger partial charge on any atom is -0.477 e. The van der Waals surface area contributed by atoms with Crippen LogP contribution in [0.25, 0.3) is 0 Å². The highest BCUT2D eigenvalue weighted by molar-refractivity contribution is 5.93. The fourth-order valence-electron chi connectivity index (χ4n) is 2.36. The summed E-state index contributed by atoms with van der Waals surface area (Å²) < 4.78 is 5.41. The van der Waals surface area contributed by atoms with E-state index in [2.05, 4.69) is 0 Å². The van der Waals surface area contributed by atoms with Gasteiger partial charge in [-0.3, -0.25) is 10.1 Å². The van der Waals surface area contributed by atoms with E-state index in [9.17, 15) is 14.9 Å². The number of nitro groups is 1. The molecule has 1 saturated heterocycles. The molecule has 0 amide bonds. The van der Waals surface area contributed by atoms with Gasteiger partial charge in [0.25, 0.3) is 5.69 Å². The van der Waals surface area contributed by atoms with Gasteiger partial charge in [-0.05, 0) is 26.0 Å². The molecule has 7 nitrogen and oxygen atoms in total. The van der Waals surface area contributed by atoms with E-state index < -0.39 is 16.6 Å². The smallest absolute Gasteiger partial charge is 0.342 e. The summed E-state index contributed by atoms with van der Waals surface area (Å²) in [6.45, 7) is 5.64. The van der Waals surface area contributed by atoms with Gasteiger partial charge in [-0.1, -0.05) is 0 Å². The third kappa shape index (κ3) is 2.57. The summed E-state index contributed by atoms with van der Waals surface area (Å²) in [4.78, 5) is 23.3. The Morgan fingerprint density at radius 2 is 2.20 bits per heavy atom. The molecule has 1 N–H and O–H groups in total. The predicted molar refractivity (Wildman–Crippen MR) is 72.3 cm³/mol. The lowest BCUT2D eigenvalue weighted by atomic mass is 10.0. The van der Waals surface area contributed by atoms with Crippen molar-refractivity contribution in [2.24, 2.45) is 0 Å². The number of ether oxygens (including phenoxy) is 1. The molecule has 2 rings (SSSR count). The van der Waals surface area contributed by atoms with Crippen LogP contribution in [0.3, 0.4) is 0 Å². The summed E-state index contributed by atoms with van der Waals surface area (Å²) >= 11 is 0. The monoisotopic (exact) mass is 280 g/mol. The minimum atomic E-state index is -1.30. The maximum atomic E-state index is 11.2. The van der Waals surface area contributed by atoms with Crippen LogP contribution in [0.15, 0.2) is 18.2 Å². The number of carbonyl (C=O) groups is 1. The average molecular weight is 280 g/mol. The molecule has 0 aromatic heterocycles. The van der Waals surface area contributed by atoms with Gasteiger partial charge in [0.2, 0.25) is 0 Å². The van der Waals surface area contributed by atoms with Crippen LogP contribution in [0.2, 0.25) is 0 Å². The lowest BCUT2D eigenvalue weighted by Gasteiger charge is -2.43. The molecule has 1 aromatic rings. The summed E-state index contributed by atoms with van der Waals surface area (Å²) in [5.74, 6) is -1.30. The molecule has 0 aliphatic carbocycles. The standard InChI is InChI=1S/C13H16N2O5/c1-13(2)8-20-6-5-14(13)9-3-4-11(15(18)19)10(7-9)12(16)17/h3-4,7H,5-6,8H2,1-2H3,(H,16,17). The SMILES string of the molecule is CC1(C)COCCN1c1ccc([N+](=O)[O-])c(C(=O)O)c1. The van der Waals surface area contributed by atoms with Gasteiger partial charge in [-0.15, -0.1) is 0 Å². The fraction of sp³-hybridized carbons (Fsp3) is 0.462. The van der Waals surface area contributed by atoms with Crippen molar-refractivity contribution >= 4 is 17.3 Å². The summed E-state index contributed by atoms with van der Waals surface area (Å²) in [7, 11) is 0. The van der Waals surface area contributed by atoms with Gasteiger partial charge >= 0.3 is 5.97 Å². The molecule has 108 valence electrons. The lowest BCUT2D eigenvalue weighted by Crippen LogP contribution is -2.53. The number of hydrogen-bond donors (Lipinski definition) is 1. The second-order valence-electron chi connectivity index (χ2n) is 5.28. The van der Waals surface area contributed by atoms with Crippen molar-refractivity contribution in [3.63, 3.8) is 0 Å². The van der Waals surface area contributed by atoms with Crippen molar-refractivity contribution in [3.05, 3.63) is 33.9 Å². The molecule has 0 atom stereocenters. The number of rotatable bonds is 3. The number of nitrogens with zero attached hydrogens (tertiary/aromatic N) is 2. The highest BCUT2D eigenvalue weighted by Gasteiger charge is 2.32. The maximum absolute atomic E-state index is 11.2. The van der Waals surface area contributed by atoms with Crippen molar-refractivity contribution in [2.45, 2.75) is 19.4 Å². The van der Waals surface area contributed by atoms with Crippen molar-refractivity contribution in [3.8, 4) is 0 Å². The molecule has 20 heavy (non-hydrogen) atoms. The zero-order valence-electron chi connectivity index (χ0n) is 11.3. The molecule has 1 heterocycles. The van der Waals surface area contributed by atoms with Crippen LogP contribution in [0, 0.1) is 10.1 Å². The zero-order chi connectivity index (χ0) is 14.9. The number of nitro benzene ring substituents is 1. The van der Waals surface area contributed by atoms with Gasteiger partial charge in [0.1, 0.15) is 5.56 Å². The van der Waals surface area contributed by atoms with Crippen LogP contribution < -0.4 is 4.90 Å². The Labute approximate surface area is 115 Å². The molecular weight excluding hydrogens is 264 g/mol. The topological polar surface area (TPSA) is 92.9 Å². The van der Waals surface area contributed by atoms with Gasteiger partial charge in [-0.25, -0.2) is 4.79 Å². The van der Waals surface area contributed by atoms with E-state index >= 15 is 0 Å². The number of morpholine rings is 1. The second kappa shape index (κ2) is 5.09. The van der Waals surface area contributed by atoms with E-state index in [1.54, 1.807) is 6.07 Å². The Morgan fingerprint density at radius 1 is 1.50 bits per heavy atom. The summed E-state index contributed by atoms with van der Waals surface area (Å²) in [6.07, 6.45) is 0. The van der Waals surface area contributed by atoms with E-state index in [-0.39, 0.29) is 11.1 Å². The lowest BCUT2D eigenvalue weighted by molar-refractivity contribution is -0.385. The van der Waals surface area contributed by atoms with Crippen molar-refractivity contribution in [2.75, 3.05) is 24.7 Å². The number of anilines is 1. The Kier molecular flexibility index (Phi) is 3.63. The predicted octanol–water partition coefficient (Wildman–Crippen LogP) is 1.91. The van der Waals surface area contributed by atoms with Gasteiger partial charge in [0, 0.05) is 18.3 Å². The number of aromatic carboxylic acids is 1. The summed E-state index contributed by atoms with van der Waals surface area (Å²) in [5.41, 5.74) is -0.326. The Balaban J connectivity index is 2.45. The first-order chi connectivity index (χ1) is 9.33. The number of carboxylic acid groups (broad SMARTS) is 1. The van der Waals surface area contributed by atoms with Gasteiger partial charge in [0.05, 0.1) is 23.7 Å². The second-order valence-corrected chi connectivity index (χ2v) is 5.28. The molecule has 1 aromatic carbocycles. The molecule has 1 aliphatic rings. The van der Waals surface area contributed by atoms with Crippen LogP contribution in [0.5, 0.6) is 0 Å². The third-order valence-electron chi connectivity index (χ3n) is 3.36. The van der Waals surface area contributed by atoms with Crippen LogP contribution in [-0.2, 0) is 4.74 Å². The number of carboxylic acids is 1. The van der Waals surface area contributed by atoms with Gasteiger partial charge in [0.15, 0.2) is 0 Å². The zero-order valence-corrected chi connectivity index (χ0v) is 11.3. The molecule has 0 saturated carbocycles. The van der Waals surface area contributed by atoms with Gasteiger partial charge in [-0.2, -0.15) is 0 Å². The molecule has 0 radical (unpaired) electrons. The molecular formula is C13H16N2O5. The van der Waals surface area contributed by atoms with E-state index in [4.69, 9.17) is 9.84 Å². The number of hydrogen-bond acceptors (Lipinski definition) is 5. The Hall–Kier alpha value is -2.15. The van der Waals surface area contributed by atoms with Crippen LogP contribution in [0.4, 0.5) is 11.4 Å². The van der Waals surface area contributed by atoms with E-state index in [1.807, 2.05) is 18.7 Å². The Bertz CT molecular complexity index is 556.